The Morgan fingerprint density at radius 3 is 2.00 bits per heavy atom. The van der Waals surface area contributed by atoms with Crippen LogP contribution in [0.15, 0.2) is 22.9 Å². The minimum Gasteiger partial charge on any atom is -0.250 e. The molecule has 0 saturated carbocycles. The third-order valence-corrected chi connectivity index (χ3v) is 21.4. The van der Waals surface area contributed by atoms with E-state index in [1.54, 1.807) is 0 Å². The zero-order valence-corrected chi connectivity index (χ0v) is 13.1. The second kappa shape index (κ2) is 3.91. The Hall–Kier alpha value is 0.0638. The fourth-order valence-electron chi connectivity index (χ4n) is 1.18. The van der Waals surface area contributed by atoms with Gasteiger partial charge in [0.1, 0.15) is 4.60 Å². The zero-order valence-electron chi connectivity index (χ0n) is 9.56. The molecule has 0 fully saturated rings. The minimum absolute atomic E-state index is 0.932. The van der Waals surface area contributed by atoms with Crippen molar-refractivity contribution in [3.05, 3.63) is 22.9 Å². The van der Waals surface area contributed by atoms with Gasteiger partial charge in [0.25, 0.3) is 0 Å². The van der Waals surface area contributed by atoms with Crippen LogP contribution in [0.1, 0.15) is 0 Å². The van der Waals surface area contributed by atoms with Gasteiger partial charge in [-0.2, -0.15) is 0 Å². The monoisotopic (exact) mass is 287 g/mol. The van der Waals surface area contributed by atoms with Crippen molar-refractivity contribution in [1.82, 2.24) is 4.98 Å². The molecule has 0 aliphatic carbocycles. The Labute approximate surface area is 96.9 Å². The Kier molecular flexibility index (Phi) is 3.39. The fraction of sp³-hybridized carbons (Fsp3) is 0.500. The summed E-state index contributed by atoms with van der Waals surface area (Å²) < 4.78 is 0.932. The third kappa shape index (κ3) is 2.35. The van der Waals surface area contributed by atoms with Crippen LogP contribution >= 0.6 is 15.9 Å². The molecule has 14 heavy (non-hydrogen) atoms. The van der Waals surface area contributed by atoms with Crippen LogP contribution in [0.4, 0.5) is 0 Å². The molecule has 1 nitrogen and oxygen atoms in total. The number of pyridine rings is 1. The van der Waals surface area contributed by atoms with Gasteiger partial charge in [0.05, 0.1) is 7.59 Å². The van der Waals surface area contributed by atoms with Crippen LogP contribution in [0.5, 0.6) is 0 Å². The topological polar surface area (TPSA) is 12.9 Å². The minimum atomic E-state index is -1.25. The largest absolute Gasteiger partial charge is 0.250 e. The van der Waals surface area contributed by atoms with Gasteiger partial charge in [0.2, 0.25) is 0 Å². The number of halogens is 1. The number of hydrogen-bond acceptors (Lipinski definition) is 1. The first-order chi connectivity index (χ1) is 6.25. The van der Waals surface area contributed by atoms with E-state index in [4.69, 9.17) is 0 Å². The van der Waals surface area contributed by atoms with E-state index in [1.807, 2.05) is 0 Å². The highest BCUT2D eigenvalue weighted by atomic mass is 79.9. The van der Waals surface area contributed by atoms with Crippen molar-refractivity contribution in [1.29, 1.82) is 0 Å². The summed E-state index contributed by atoms with van der Waals surface area (Å²) in [5, 5.41) is 1.49. The SMILES string of the molecule is C[Si](C)(C)[Si](C)(C)c1ccc(Br)nc1. The van der Waals surface area contributed by atoms with Crippen LogP contribution in [0.2, 0.25) is 32.7 Å². The van der Waals surface area contributed by atoms with Crippen molar-refractivity contribution in [2.75, 3.05) is 0 Å². The summed E-state index contributed by atoms with van der Waals surface area (Å²) >= 11 is 3.38. The average molecular weight is 288 g/mol. The second-order valence-electron chi connectivity index (χ2n) is 5.24. The van der Waals surface area contributed by atoms with Gasteiger partial charge < -0.3 is 0 Å². The van der Waals surface area contributed by atoms with Crippen molar-refractivity contribution in [3.63, 3.8) is 0 Å². The standard InChI is InChI=1S/C10H18BrNSi2/c1-13(2,3)14(4,5)9-6-7-10(11)12-8-9/h6-8H,1-5H3. The highest BCUT2D eigenvalue weighted by molar-refractivity contribution is 9.10. The summed E-state index contributed by atoms with van der Waals surface area (Å²) in [7, 11) is -2.31. The summed E-state index contributed by atoms with van der Waals surface area (Å²) in [6, 6.07) is 4.30. The Morgan fingerprint density at radius 1 is 1.07 bits per heavy atom. The molecule has 0 aliphatic rings. The van der Waals surface area contributed by atoms with Crippen LogP contribution in [0.3, 0.4) is 0 Å². The van der Waals surface area contributed by atoms with E-state index in [0.29, 0.717) is 0 Å². The molecule has 0 atom stereocenters. The van der Waals surface area contributed by atoms with Gasteiger partial charge in [-0.1, -0.05) is 38.8 Å². The van der Waals surface area contributed by atoms with Crippen molar-refractivity contribution in [2.24, 2.45) is 0 Å². The summed E-state index contributed by atoms with van der Waals surface area (Å²) in [4.78, 5) is 4.33. The summed E-state index contributed by atoms with van der Waals surface area (Å²) in [6.07, 6.45) is 2.05. The van der Waals surface area contributed by atoms with E-state index in [1.165, 1.54) is 5.19 Å². The lowest BCUT2D eigenvalue weighted by Crippen LogP contribution is -2.61. The van der Waals surface area contributed by atoms with Crippen molar-refractivity contribution < 1.29 is 0 Å². The molecule has 1 heterocycles. The molecule has 0 amide bonds. The summed E-state index contributed by atoms with van der Waals surface area (Å²) in [5.74, 6) is 0. The third-order valence-electron chi connectivity index (χ3n) is 3.32. The average Bonchev–Trinajstić information content (AvgIpc) is 2.03. The number of nitrogens with zero attached hydrogens (tertiary/aromatic N) is 1. The first kappa shape index (κ1) is 12.1. The highest BCUT2D eigenvalue weighted by Gasteiger charge is 2.38. The van der Waals surface area contributed by atoms with Crippen LogP contribution in [-0.2, 0) is 0 Å². The van der Waals surface area contributed by atoms with E-state index < -0.39 is 15.2 Å². The van der Waals surface area contributed by atoms with Gasteiger partial charge >= 0.3 is 0 Å². The maximum absolute atomic E-state index is 4.33. The maximum atomic E-state index is 4.33. The van der Waals surface area contributed by atoms with Crippen molar-refractivity contribution >= 4 is 36.3 Å². The van der Waals surface area contributed by atoms with Crippen molar-refractivity contribution in [3.8, 4) is 0 Å². The number of rotatable bonds is 2. The molecule has 78 valence electrons. The van der Waals surface area contributed by atoms with E-state index in [-0.39, 0.29) is 0 Å². The molecular weight excluding hydrogens is 270 g/mol. The van der Waals surface area contributed by atoms with Gasteiger partial charge in [-0.3, -0.25) is 0 Å². The quantitative estimate of drug-likeness (QED) is 0.601. The summed E-state index contributed by atoms with van der Waals surface area (Å²) in [5.41, 5.74) is 0. The Morgan fingerprint density at radius 2 is 1.64 bits per heavy atom. The molecule has 0 unspecified atom stereocenters. The number of hydrogen-bond donors (Lipinski definition) is 0. The van der Waals surface area contributed by atoms with Gasteiger partial charge in [-0.15, -0.1) is 0 Å². The molecule has 0 bridgehead atoms. The first-order valence-electron chi connectivity index (χ1n) is 4.87. The van der Waals surface area contributed by atoms with Gasteiger partial charge in [0.15, 0.2) is 0 Å². The van der Waals surface area contributed by atoms with E-state index >= 15 is 0 Å². The predicted molar refractivity (Wildman–Crippen MR) is 72.4 cm³/mol. The molecule has 0 radical (unpaired) electrons. The molecule has 0 aromatic carbocycles. The van der Waals surface area contributed by atoms with Crippen LogP contribution < -0.4 is 5.19 Å². The zero-order chi connectivity index (χ0) is 11.0. The van der Waals surface area contributed by atoms with Crippen LogP contribution in [0, 0.1) is 0 Å². The lowest BCUT2D eigenvalue weighted by molar-refractivity contribution is 1.29. The molecule has 0 spiro atoms. The number of aromatic nitrogens is 1. The normalized spacial score (nSPS) is 13.0. The molecule has 0 saturated heterocycles. The van der Waals surface area contributed by atoms with Crippen molar-refractivity contribution in [2.45, 2.75) is 32.7 Å². The maximum Gasteiger partial charge on any atom is 0.106 e. The molecule has 1 aromatic heterocycles. The van der Waals surface area contributed by atoms with E-state index in [9.17, 15) is 0 Å². The van der Waals surface area contributed by atoms with Gasteiger partial charge in [-0.05, 0) is 27.2 Å². The molecule has 1 aromatic rings. The molecule has 0 N–H and O–H groups in total. The molecular formula is C10H18BrNSi2. The Bertz CT molecular complexity index is 314. The Balaban J connectivity index is 3.10. The lowest BCUT2D eigenvalue weighted by atomic mass is 10.5. The van der Waals surface area contributed by atoms with Crippen LogP contribution in [-0.4, -0.2) is 20.2 Å². The highest BCUT2D eigenvalue weighted by Crippen LogP contribution is 2.18. The van der Waals surface area contributed by atoms with E-state index in [0.717, 1.165) is 4.60 Å². The van der Waals surface area contributed by atoms with Gasteiger partial charge in [-0.25, -0.2) is 4.98 Å². The predicted octanol–water partition coefficient (Wildman–Crippen LogP) is 3.18. The molecule has 0 aliphatic heterocycles. The van der Waals surface area contributed by atoms with Crippen LogP contribution in [0.25, 0.3) is 0 Å². The molecule has 4 heteroatoms. The van der Waals surface area contributed by atoms with E-state index in [2.05, 4.69) is 72.0 Å². The smallest absolute Gasteiger partial charge is 0.106 e. The second-order valence-corrected chi connectivity index (χ2v) is 22.6. The first-order valence-corrected chi connectivity index (χ1v) is 13.2. The summed E-state index contributed by atoms with van der Waals surface area (Å²) in [6.45, 7) is 12.3. The van der Waals surface area contributed by atoms with Gasteiger partial charge in [0, 0.05) is 13.8 Å². The lowest BCUT2D eigenvalue weighted by Gasteiger charge is -2.35. The fourth-order valence-corrected chi connectivity index (χ4v) is 6.21. The molecule has 1 rings (SSSR count).